The number of furan rings is 2. The second-order valence-electron chi connectivity index (χ2n) is 18.2. The normalized spacial score (nSPS) is 12.2. The van der Waals surface area contributed by atoms with E-state index < -0.39 is 0 Å². The van der Waals surface area contributed by atoms with Gasteiger partial charge in [-0.3, -0.25) is 0 Å². The Balaban J connectivity index is 0.906. The largest absolute Gasteiger partial charge is 0.456 e. The van der Waals surface area contributed by atoms with Gasteiger partial charge in [-0.1, -0.05) is 140 Å². The van der Waals surface area contributed by atoms with E-state index in [4.69, 9.17) is 23.8 Å². The van der Waals surface area contributed by atoms with Crippen LogP contribution in [0, 0.1) is 0 Å². The number of benzene rings is 10. The molecule has 0 atom stereocenters. The van der Waals surface area contributed by atoms with Crippen molar-refractivity contribution in [1.29, 1.82) is 0 Å². The van der Waals surface area contributed by atoms with Crippen molar-refractivity contribution < 1.29 is 8.83 Å². The zero-order valence-corrected chi connectivity index (χ0v) is 39.2. The highest BCUT2D eigenvalue weighted by atomic mass is 32.1. The molecule has 0 aliphatic rings. The molecule has 0 aliphatic carbocycles. The summed E-state index contributed by atoms with van der Waals surface area (Å²) in [6.07, 6.45) is 0. The monoisotopic (exact) mass is 942 g/mol. The lowest BCUT2D eigenvalue weighted by molar-refractivity contribution is 0.666. The number of hydrogen-bond acceptors (Lipinski definition) is 7. The molecule has 330 valence electrons. The molecule has 16 aromatic rings. The van der Waals surface area contributed by atoms with Crippen molar-refractivity contribution >= 4 is 129 Å². The Kier molecular flexibility index (Phi) is 8.11. The number of para-hydroxylation sites is 3. The predicted molar refractivity (Wildman–Crippen MR) is 296 cm³/mol. The standard InChI is InChI=1S/C63H34N4O2S2/c1-6-18-48-39(12-1)40-13-2-7-19-49(40)67(48)50-30-29-38(59-45-16-3-8-20-51(45)69-60(50)59)35-26-31-52-47(32-35)58-46(17-11-21-53(58)68-52)63-65-61(36-24-27-43-41-14-4-9-22-54(41)70-56(43)33-36)64-62(66-63)37-25-28-44-42-15-5-10-23-55(42)71-57(44)34-37/h1-34H. The van der Waals surface area contributed by atoms with Gasteiger partial charge >= 0.3 is 0 Å². The van der Waals surface area contributed by atoms with Crippen molar-refractivity contribution in [3.8, 4) is 51.0 Å². The van der Waals surface area contributed by atoms with Gasteiger partial charge in [0.1, 0.15) is 16.7 Å². The van der Waals surface area contributed by atoms with E-state index in [2.05, 4.69) is 193 Å². The molecule has 0 fully saturated rings. The lowest BCUT2D eigenvalue weighted by Crippen LogP contribution is -2.00. The Hall–Kier alpha value is -8.95. The van der Waals surface area contributed by atoms with Crippen LogP contribution in [-0.4, -0.2) is 19.5 Å². The lowest BCUT2D eigenvalue weighted by Gasteiger charge is -2.12. The van der Waals surface area contributed by atoms with Gasteiger partial charge in [0, 0.05) is 89.4 Å². The van der Waals surface area contributed by atoms with Crippen molar-refractivity contribution in [2.24, 2.45) is 0 Å². The van der Waals surface area contributed by atoms with Crippen LogP contribution in [0.25, 0.3) is 157 Å². The predicted octanol–water partition coefficient (Wildman–Crippen LogP) is 18.2. The van der Waals surface area contributed by atoms with Crippen LogP contribution in [0.15, 0.2) is 215 Å². The maximum absolute atomic E-state index is 6.90. The minimum Gasteiger partial charge on any atom is -0.456 e. The van der Waals surface area contributed by atoms with E-state index in [0.29, 0.717) is 17.5 Å². The summed E-state index contributed by atoms with van der Waals surface area (Å²) < 4.78 is 20.8. The maximum atomic E-state index is 6.90. The van der Waals surface area contributed by atoms with Crippen LogP contribution in [0.5, 0.6) is 0 Å². The molecular weight excluding hydrogens is 909 g/mol. The molecule has 6 aromatic heterocycles. The van der Waals surface area contributed by atoms with Gasteiger partial charge < -0.3 is 13.4 Å². The third-order valence-corrected chi connectivity index (χ3v) is 16.5. The molecule has 16 rings (SSSR count). The Morgan fingerprint density at radius 1 is 0.324 bits per heavy atom. The van der Waals surface area contributed by atoms with E-state index in [9.17, 15) is 0 Å². The first-order chi connectivity index (χ1) is 35.2. The van der Waals surface area contributed by atoms with Crippen molar-refractivity contribution in [3.63, 3.8) is 0 Å². The average Bonchev–Trinajstić information content (AvgIpc) is 4.25. The molecule has 0 aliphatic heterocycles. The summed E-state index contributed by atoms with van der Waals surface area (Å²) in [6, 6.07) is 73.1. The average molecular weight is 943 g/mol. The fourth-order valence-corrected chi connectivity index (χ4v) is 13.4. The van der Waals surface area contributed by atoms with Gasteiger partial charge in [0.15, 0.2) is 23.1 Å². The summed E-state index contributed by atoms with van der Waals surface area (Å²) in [5.74, 6) is 1.81. The molecule has 6 nitrogen and oxygen atoms in total. The van der Waals surface area contributed by atoms with E-state index in [1.165, 1.54) is 51.1 Å². The molecule has 0 radical (unpaired) electrons. The SMILES string of the molecule is c1ccc2c(c1)oc1c(-n3c4ccccc4c4ccccc43)ccc(-c3ccc4oc5cccc(-c6nc(-c7ccc8c(c7)sc7ccccc78)nc(-c7ccc8c(c7)sc7ccccc78)n6)c5c4c3)c12. The van der Waals surface area contributed by atoms with Crippen LogP contribution in [0.2, 0.25) is 0 Å². The molecule has 0 saturated heterocycles. The first kappa shape index (κ1) is 39.0. The summed E-state index contributed by atoms with van der Waals surface area (Å²) >= 11 is 3.58. The molecule has 6 heterocycles. The second-order valence-corrected chi connectivity index (χ2v) is 20.4. The maximum Gasteiger partial charge on any atom is 0.164 e. The molecule has 0 N–H and O–H groups in total. The first-order valence-corrected chi connectivity index (χ1v) is 25.3. The third kappa shape index (κ3) is 5.77. The molecule has 0 unspecified atom stereocenters. The van der Waals surface area contributed by atoms with Crippen LogP contribution < -0.4 is 0 Å². The van der Waals surface area contributed by atoms with E-state index >= 15 is 0 Å². The van der Waals surface area contributed by atoms with E-state index in [0.717, 1.165) is 88.4 Å². The molecule has 0 bridgehead atoms. The summed E-state index contributed by atoms with van der Waals surface area (Å²) in [7, 11) is 0. The molecule has 0 saturated carbocycles. The van der Waals surface area contributed by atoms with Gasteiger partial charge in [0.25, 0.3) is 0 Å². The van der Waals surface area contributed by atoms with Crippen molar-refractivity contribution in [2.75, 3.05) is 0 Å². The molecule has 8 heteroatoms. The summed E-state index contributed by atoms with van der Waals surface area (Å²) in [4.78, 5) is 16.0. The quantitative estimate of drug-likeness (QED) is 0.172. The Morgan fingerprint density at radius 2 is 0.859 bits per heavy atom. The number of rotatable bonds is 5. The topological polar surface area (TPSA) is 69.9 Å². The third-order valence-electron chi connectivity index (χ3n) is 14.3. The van der Waals surface area contributed by atoms with Crippen LogP contribution in [0.1, 0.15) is 0 Å². The van der Waals surface area contributed by atoms with Gasteiger partial charge in [0.05, 0.1) is 16.7 Å². The minimum absolute atomic E-state index is 0.579. The number of fused-ring (bicyclic) bond motifs is 15. The van der Waals surface area contributed by atoms with E-state index in [-0.39, 0.29) is 0 Å². The highest BCUT2D eigenvalue weighted by molar-refractivity contribution is 7.26. The number of thiophene rings is 2. The Labute approximate surface area is 411 Å². The fourth-order valence-electron chi connectivity index (χ4n) is 11.1. The molecule has 71 heavy (non-hydrogen) atoms. The number of hydrogen-bond donors (Lipinski definition) is 0. The zero-order chi connectivity index (χ0) is 46.3. The number of aromatic nitrogens is 4. The Bertz CT molecular complexity index is 4730. The molecule has 0 spiro atoms. The fraction of sp³-hybridized carbons (Fsp3) is 0. The summed E-state index contributed by atoms with van der Waals surface area (Å²) in [5, 5.41) is 11.4. The minimum atomic E-state index is 0.579. The molecule has 10 aromatic carbocycles. The Morgan fingerprint density at radius 3 is 1.54 bits per heavy atom. The highest BCUT2D eigenvalue weighted by Crippen LogP contribution is 2.45. The van der Waals surface area contributed by atoms with Crippen LogP contribution in [0.4, 0.5) is 0 Å². The van der Waals surface area contributed by atoms with E-state index in [1.54, 1.807) is 22.7 Å². The van der Waals surface area contributed by atoms with Crippen LogP contribution in [-0.2, 0) is 0 Å². The lowest BCUT2D eigenvalue weighted by atomic mass is 9.96. The number of nitrogens with zero attached hydrogens (tertiary/aromatic N) is 4. The van der Waals surface area contributed by atoms with E-state index in [1.807, 2.05) is 18.2 Å². The van der Waals surface area contributed by atoms with Gasteiger partial charge in [0.2, 0.25) is 0 Å². The highest BCUT2D eigenvalue weighted by Gasteiger charge is 2.23. The molecular formula is C63H34N4O2S2. The molecule has 0 amide bonds. The zero-order valence-electron chi connectivity index (χ0n) is 37.6. The first-order valence-electron chi connectivity index (χ1n) is 23.7. The summed E-state index contributed by atoms with van der Waals surface area (Å²) in [6.45, 7) is 0. The van der Waals surface area contributed by atoms with Crippen LogP contribution >= 0.6 is 22.7 Å². The van der Waals surface area contributed by atoms with Crippen LogP contribution in [0.3, 0.4) is 0 Å². The van der Waals surface area contributed by atoms with Crippen molar-refractivity contribution in [2.45, 2.75) is 0 Å². The van der Waals surface area contributed by atoms with Crippen molar-refractivity contribution in [3.05, 3.63) is 206 Å². The van der Waals surface area contributed by atoms with Crippen molar-refractivity contribution in [1.82, 2.24) is 19.5 Å². The van der Waals surface area contributed by atoms with Gasteiger partial charge in [-0.15, -0.1) is 22.7 Å². The second kappa shape index (κ2) is 14.8. The summed E-state index contributed by atoms with van der Waals surface area (Å²) in [5.41, 5.74) is 11.3. The van der Waals surface area contributed by atoms with Gasteiger partial charge in [-0.05, 0) is 77.9 Å². The van der Waals surface area contributed by atoms with Gasteiger partial charge in [-0.2, -0.15) is 0 Å². The van der Waals surface area contributed by atoms with Gasteiger partial charge in [-0.25, -0.2) is 15.0 Å². The smallest absolute Gasteiger partial charge is 0.164 e.